The number of aromatic nitrogens is 1. The van der Waals surface area contributed by atoms with Gasteiger partial charge in [0.2, 0.25) is 5.91 Å². The number of nitrogens with zero attached hydrogens (tertiary/aromatic N) is 2. The van der Waals surface area contributed by atoms with Gasteiger partial charge in [0, 0.05) is 30.2 Å². The predicted molar refractivity (Wildman–Crippen MR) is 121 cm³/mol. The Balaban J connectivity index is 1.46. The Labute approximate surface area is 180 Å². The minimum atomic E-state index is 0.284. The highest BCUT2D eigenvalue weighted by Gasteiger charge is 2.34. The number of ether oxygens (including phenoxy) is 1. The zero-order valence-electron chi connectivity index (χ0n) is 18.9. The first-order valence-corrected chi connectivity index (χ1v) is 11.9. The van der Waals surface area contributed by atoms with Gasteiger partial charge in [0.15, 0.2) is 0 Å². The number of likely N-dealkylation sites (tertiary alicyclic amines) is 1. The summed E-state index contributed by atoms with van der Waals surface area (Å²) >= 11 is 0. The molecule has 2 fully saturated rings. The van der Waals surface area contributed by atoms with Crippen LogP contribution in [0.4, 0.5) is 0 Å². The van der Waals surface area contributed by atoms with Crippen LogP contribution in [-0.2, 0) is 24.2 Å². The van der Waals surface area contributed by atoms with E-state index in [1.807, 2.05) is 0 Å². The molecule has 0 N–H and O–H groups in total. The van der Waals surface area contributed by atoms with Crippen LogP contribution in [-0.4, -0.2) is 35.6 Å². The molecule has 2 heterocycles. The van der Waals surface area contributed by atoms with Crippen molar-refractivity contribution >= 4 is 16.8 Å². The van der Waals surface area contributed by atoms with Gasteiger partial charge in [-0.05, 0) is 67.1 Å². The molecule has 2 aliphatic carbocycles. The van der Waals surface area contributed by atoms with Gasteiger partial charge in [0.25, 0.3) is 0 Å². The van der Waals surface area contributed by atoms with E-state index in [1.54, 1.807) is 7.11 Å². The fraction of sp³-hybridized carbons (Fsp3) is 0.654. The van der Waals surface area contributed by atoms with Crippen LogP contribution in [0.3, 0.4) is 0 Å². The second-order valence-corrected chi connectivity index (χ2v) is 10.7. The second kappa shape index (κ2) is 7.62. The summed E-state index contributed by atoms with van der Waals surface area (Å²) in [5.74, 6) is 2.75. The van der Waals surface area contributed by atoms with Gasteiger partial charge in [-0.15, -0.1) is 0 Å². The van der Waals surface area contributed by atoms with Crippen molar-refractivity contribution in [1.29, 1.82) is 0 Å². The maximum Gasteiger partial charge on any atom is 0.242 e. The van der Waals surface area contributed by atoms with Crippen molar-refractivity contribution in [2.75, 3.05) is 20.2 Å². The lowest BCUT2D eigenvalue weighted by atomic mass is 9.75. The summed E-state index contributed by atoms with van der Waals surface area (Å²) in [5, 5.41) is 1.31. The quantitative estimate of drug-likeness (QED) is 0.699. The maximum atomic E-state index is 13.5. The van der Waals surface area contributed by atoms with Crippen molar-refractivity contribution in [2.45, 2.75) is 71.8 Å². The molecule has 2 aromatic rings. The molecule has 1 aromatic carbocycles. The van der Waals surface area contributed by atoms with Crippen LogP contribution in [0, 0.1) is 17.3 Å². The molecule has 2 atom stereocenters. The van der Waals surface area contributed by atoms with Gasteiger partial charge in [-0.1, -0.05) is 33.1 Å². The monoisotopic (exact) mass is 408 g/mol. The Bertz CT molecular complexity index is 958. The molecular weight excluding hydrogens is 372 g/mol. The van der Waals surface area contributed by atoms with E-state index in [0.717, 1.165) is 49.0 Å². The van der Waals surface area contributed by atoms with Crippen LogP contribution in [0.5, 0.6) is 5.75 Å². The van der Waals surface area contributed by atoms with Crippen LogP contribution in [0.15, 0.2) is 18.2 Å². The van der Waals surface area contributed by atoms with Gasteiger partial charge in [-0.3, -0.25) is 4.79 Å². The number of methoxy groups -OCH3 is 1. The van der Waals surface area contributed by atoms with Crippen molar-refractivity contribution in [3.05, 3.63) is 29.5 Å². The molecule has 0 unspecified atom stereocenters. The lowest BCUT2D eigenvalue weighted by molar-refractivity contribution is -0.134. The molecule has 1 amide bonds. The van der Waals surface area contributed by atoms with E-state index in [1.165, 1.54) is 55.2 Å². The standard InChI is InChI=1S/C26H36N2O2/c1-26(2)12-10-22-21-9-8-20(30-3)14-23(21)28(24(22)15-26)17-25(29)27-13-11-18-6-4-5-7-19(18)16-27/h8-9,14,18-19H,4-7,10-13,15-17H2,1-3H3/t18-,19+/m0/s1. The SMILES string of the molecule is COc1ccc2c3c(n(CC(=O)N4CC[C@@H]5CCCC[C@@H]5C4)c2c1)CC(C)(C)CC3. The van der Waals surface area contributed by atoms with Gasteiger partial charge >= 0.3 is 0 Å². The van der Waals surface area contributed by atoms with Crippen molar-refractivity contribution in [1.82, 2.24) is 9.47 Å². The van der Waals surface area contributed by atoms with Gasteiger partial charge in [-0.2, -0.15) is 0 Å². The number of aryl methyl sites for hydroxylation is 1. The summed E-state index contributed by atoms with van der Waals surface area (Å²) < 4.78 is 7.84. The first kappa shape index (κ1) is 20.0. The van der Waals surface area contributed by atoms with E-state index >= 15 is 0 Å². The minimum absolute atomic E-state index is 0.284. The fourth-order valence-corrected chi connectivity index (χ4v) is 6.31. The second-order valence-electron chi connectivity index (χ2n) is 10.7. The third kappa shape index (κ3) is 3.52. The highest BCUT2D eigenvalue weighted by molar-refractivity contribution is 5.89. The number of carbonyl (C=O) groups is 1. The molecule has 5 rings (SSSR count). The molecular formula is C26H36N2O2. The smallest absolute Gasteiger partial charge is 0.242 e. The zero-order chi connectivity index (χ0) is 20.9. The number of rotatable bonds is 3. The van der Waals surface area contributed by atoms with Gasteiger partial charge in [0.1, 0.15) is 12.3 Å². The van der Waals surface area contributed by atoms with E-state index in [9.17, 15) is 4.79 Å². The Morgan fingerprint density at radius 3 is 2.77 bits per heavy atom. The topological polar surface area (TPSA) is 34.5 Å². The number of hydrogen-bond acceptors (Lipinski definition) is 2. The number of hydrogen-bond donors (Lipinski definition) is 0. The molecule has 0 bridgehead atoms. The van der Waals surface area contributed by atoms with Crippen LogP contribution in [0.2, 0.25) is 0 Å². The maximum absolute atomic E-state index is 13.5. The summed E-state index contributed by atoms with van der Waals surface area (Å²) in [4.78, 5) is 15.6. The highest BCUT2D eigenvalue weighted by atomic mass is 16.5. The van der Waals surface area contributed by atoms with Gasteiger partial charge in [0.05, 0.1) is 12.6 Å². The van der Waals surface area contributed by atoms with Crippen LogP contribution in [0.25, 0.3) is 10.9 Å². The van der Waals surface area contributed by atoms with Crippen LogP contribution < -0.4 is 4.74 Å². The third-order valence-corrected chi connectivity index (χ3v) is 8.13. The molecule has 4 nitrogen and oxygen atoms in total. The first-order chi connectivity index (χ1) is 14.4. The van der Waals surface area contributed by atoms with E-state index < -0.39 is 0 Å². The summed E-state index contributed by atoms with van der Waals surface area (Å²) in [6, 6.07) is 6.38. The molecule has 3 aliphatic rings. The molecule has 162 valence electrons. The molecule has 4 heteroatoms. The number of amides is 1. The Hall–Kier alpha value is -1.97. The number of carbonyl (C=O) groups excluding carboxylic acids is 1. The van der Waals surface area contributed by atoms with E-state index in [-0.39, 0.29) is 5.41 Å². The third-order valence-electron chi connectivity index (χ3n) is 8.13. The lowest BCUT2D eigenvalue weighted by Gasteiger charge is -2.41. The number of fused-ring (bicyclic) bond motifs is 4. The molecule has 1 aromatic heterocycles. The number of benzene rings is 1. The summed E-state index contributed by atoms with van der Waals surface area (Å²) in [6.07, 6.45) is 9.94. The summed E-state index contributed by atoms with van der Waals surface area (Å²) in [6.45, 7) is 7.09. The Kier molecular flexibility index (Phi) is 5.07. The molecule has 0 radical (unpaired) electrons. The van der Waals surface area contributed by atoms with E-state index in [0.29, 0.717) is 12.5 Å². The summed E-state index contributed by atoms with van der Waals surface area (Å²) in [7, 11) is 1.72. The Morgan fingerprint density at radius 1 is 1.17 bits per heavy atom. The largest absolute Gasteiger partial charge is 0.497 e. The Morgan fingerprint density at radius 2 is 1.97 bits per heavy atom. The van der Waals surface area contributed by atoms with E-state index in [2.05, 4.69) is 41.5 Å². The molecule has 1 saturated carbocycles. The zero-order valence-corrected chi connectivity index (χ0v) is 18.9. The van der Waals surface area contributed by atoms with Gasteiger partial charge < -0.3 is 14.2 Å². The van der Waals surface area contributed by atoms with Gasteiger partial charge in [-0.25, -0.2) is 0 Å². The normalized spacial score (nSPS) is 25.6. The number of piperidine rings is 1. The van der Waals surface area contributed by atoms with Crippen molar-refractivity contribution in [2.24, 2.45) is 17.3 Å². The minimum Gasteiger partial charge on any atom is -0.497 e. The molecule has 30 heavy (non-hydrogen) atoms. The average Bonchev–Trinajstić information content (AvgIpc) is 3.04. The predicted octanol–water partition coefficient (Wildman–Crippen LogP) is 5.20. The molecule has 1 aliphatic heterocycles. The van der Waals surface area contributed by atoms with Crippen molar-refractivity contribution in [3.63, 3.8) is 0 Å². The molecule has 0 spiro atoms. The first-order valence-electron chi connectivity index (χ1n) is 11.9. The van der Waals surface area contributed by atoms with Crippen LogP contribution in [0.1, 0.15) is 63.6 Å². The summed E-state index contributed by atoms with van der Waals surface area (Å²) in [5.41, 5.74) is 4.27. The fourth-order valence-electron chi connectivity index (χ4n) is 6.31. The highest BCUT2D eigenvalue weighted by Crippen LogP contribution is 2.41. The molecule has 1 saturated heterocycles. The average molecular weight is 409 g/mol. The van der Waals surface area contributed by atoms with Crippen LogP contribution >= 0.6 is 0 Å². The van der Waals surface area contributed by atoms with Crippen molar-refractivity contribution < 1.29 is 9.53 Å². The lowest BCUT2D eigenvalue weighted by Crippen LogP contribution is -2.46. The van der Waals surface area contributed by atoms with E-state index in [4.69, 9.17) is 4.74 Å². The van der Waals surface area contributed by atoms with Crippen molar-refractivity contribution in [3.8, 4) is 5.75 Å².